The number of nitrogens with two attached hydrogens (primary N) is 1. The lowest BCUT2D eigenvalue weighted by Gasteiger charge is -2.14. The molecule has 0 saturated carbocycles. The van der Waals surface area contributed by atoms with E-state index in [1.54, 1.807) is 13.0 Å². The number of nitrogen functional groups attached to an aromatic ring is 1. The number of benzene rings is 1. The quantitative estimate of drug-likeness (QED) is 0.690. The topological polar surface area (TPSA) is 118 Å². The Morgan fingerprint density at radius 2 is 1.90 bits per heavy atom. The highest BCUT2D eigenvalue weighted by atomic mass is 32.2. The van der Waals surface area contributed by atoms with Gasteiger partial charge in [-0.1, -0.05) is 12.1 Å². The Morgan fingerprint density at radius 3 is 2.45 bits per heavy atom. The number of carbonyl (C=O) groups excluding carboxylic acids is 2. The summed E-state index contributed by atoms with van der Waals surface area (Å²) in [5.74, 6) is -0.904. The van der Waals surface area contributed by atoms with Crippen molar-refractivity contribution in [2.45, 2.75) is 24.0 Å². The molecule has 0 radical (unpaired) electrons. The molecule has 1 aromatic carbocycles. The van der Waals surface area contributed by atoms with Gasteiger partial charge >= 0.3 is 6.03 Å². The number of carbonyl (C=O) groups is 2. The molecule has 0 heterocycles. The first kappa shape index (κ1) is 16.0. The van der Waals surface area contributed by atoms with Crippen molar-refractivity contribution in [3.8, 4) is 0 Å². The smallest absolute Gasteiger partial charge is 0.321 e. The van der Waals surface area contributed by atoms with Gasteiger partial charge in [0.2, 0.25) is 5.91 Å². The van der Waals surface area contributed by atoms with Gasteiger partial charge < -0.3 is 11.1 Å². The molecule has 4 N–H and O–H groups in total. The fraction of sp³-hybridized carbons (Fsp3) is 0.333. The number of hydrogen-bond acceptors (Lipinski definition) is 5. The molecule has 0 aromatic heterocycles. The molecule has 7 nitrogen and oxygen atoms in total. The van der Waals surface area contributed by atoms with Gasteiger partial charge in [0.15, 0.2) is 9.84 Å². The van der Waals surface area contributed by atoms with E-state index in [1.807, 2.05) is 5.32 Å². The monoisotopic (exact) mass is 299 g/mol. The lowest BCUT2D eigenvalue weighted by Crippen LogP contribution is -2.45. The van der Waals surface area contributed by atoms with E-state index in [-0.39, 0.29) is 10.6 Å². The van der Waals surface area contributed by atoms with E-state index in [0.29, 0.717) is 6.54 Å². The third-order valence-corrected chi connectivity index (χ3v) is 4.76. The molecule has 20 heavy (non-hydrogen) atoms. The summed E-state index contributed by atoms with van der Waals surface area (Å²) in [4.78, 5) is 22.9. The fourth-order valence-electron chi connectivity index (χ4n) is 1.49. The van der Waals surface area contributed by atoms with Crippen LogP contribution in [0.4, 0.5) is 10.5 Å². The molecule has 1 aromatic rings. The van der Waals surface area contributed by atoms with Crippen LogP contribution < -0.4 is 16.4 Å². The van der Waals surface area contributed by atoms with Crippen molar-refractivity contribution < 1.29 is 18.0 Å². The first-order valence-electron chi connectivity index (χ1n) is 5.97. The lowest BCUT2D eigenvalue weighted by molar-refractivity contribution is -0.119. The van der Waals surface area contributed by atoms with Gasteiger partial charge in [0.05, 0.1) is 10.6 Å². The second kappa shape index (κ2) is 6.38. The molecule has 0 saturated heterocycles. The number of para-hydroxylation sites is 1. The number of hydrogen-bond donors (Lipinski definition) is 3. The van der Waals surface area contributed by atoms with Crippen molar-refractivity contribution in [1.29, 1.82) is 0 Å². The van der Waals surface area contributed by atoms with E-state index < -0.39 is 27.0 Å². The Morgan fingerprint density at radius 1 is 1.30 bits per heavy atom. The van der Waals surface area contributed by atoms with Crippen LogP contribution in [0, 0.1) is 0 Å². The van der Waals surface area contributed by atoms with E-state index in [2.05, 4.69) is 5.32 Å². The highest BCUT2D eigenvalue weighted by molar-refractivity contribution is 7.93. The number of rotatable bonds is 4. The Balaban J connectivity index is 2.96. The Bertz CT molecular complexity index is 613. The summed E-state index contributed by atoms with van der Waals surface area (Å²) in [5.41, 5.74) is 5.66. The molecule has 0 aliphatic rings. The molecule has 1 unspecified atom stereocenters. The van der Waals surface area contributed by atoms with Crippen molar-refractivity contribution >= 4 is 27.5 Å². The first-order chi connectivity index (χ1) is 9.30. The SMILES string of the molecule is CCNC(=O)NC(=O)C(C)S(=O)(=O)c1ccccc1N. The number of urea groups is 1. The third-order valence-electron chi connectivity index (χ3n) is 2.63. The van der Waals surface area contributed by atoms with Gasteiger partial charge in [0.1, 0.15) is 5.25 Å². The Kier molecular flexibility index (Phi) is 5.09. The molecule has 0 aliphatic heterocycles. The standard InChI is InChI=1S/C12H17N3O4S/c1-3-14-12(17)15-11(16)8(2)20(18,19)10-7-5-4-6-9(10)13/h4-8H,3,13H2,1-2H3,(H2,14,15,16,17). The van der Waals surface area contributed by atoms with E-state index in [0.717, 1.165) is 0 Å². The predicted octanol–water partition coefficient (Wildman–Crippen LogP) is 0.277. The second-order valence-electron chi connectivity index (χ2n) is 4.07. The van der Waals surface area contributed by atoms with Crippen LogP contribution in [-0.4, -0.2) is 32.2 Å². The van der Waals surface area contributed by atoms with Crippen LogP contribution in [0.2, 0.25) is 0 Å². The van der Waals surface area contributed by atoms with Crippen LogP contribution in [-0.2, 0) is 14.6 Å². The zero-order valence-corrected chi connectivity index (χ0v) is 12.0. The fourth-order valence-corrected chi connectivity index (χ4v) is 2.88. The van der Waals surface area contributed by atoms with Crippen molar-refractivity contribution in [2.75, 3.05) is 12.3 Å². The largest absolute Gasteiger partial charge is 0.398 e. The van der Waals surface area contributed by atoms with Crippen LogP contribution in [0.1, 0.15) is 13.8 Å². The summed E-state index contributed by atoms with van der Waals surface area (Å²) in [6.45, 7) is 3.21. The number of anilines is 1. The van der Waals surface area contributed by atoms with E-state index in [9.17, 15) is 18.0 Å². The third kappa shape index (κ3) is 3.47. The van der Waals surface area contributed by atoms with E-state index >= 15 is 0 Å². The maximum absolute atomic E-state index is 12.3. The van der Waals surface area contributed by atoms with Gasteiger partial charge in [-0.15, -0.1) is 0 Å². The number of sulfone groups is 1. The minimum absolute atomic E-state index is 0.0603. The van der Waals surface area contributed by atoms with Gasteiger partial charge in [0, 0.05) is 6.54 Å². The average Bonchev–Trinajstić information content (AvgIpc) is 2.38. The summed E-state index contributed by atoms with van der Waals surface area (Å²) < 4.78 is 24.5. The van der Waals surface area contributed by atoms with Crippen molar-refractivity contribution in [3.05, 3.63) is 24.3 Å². The van der Waals surface area contributed by atoms with Gasteiger partial charge in [-0.3, -0.25) is 10.1 Å². The summed E-state index contributed by atoms with van der Waals surface area (Å²) in [6.07, 6.45) is 0. The van der Waals surface area contributed by atoms with Crippen LogP contribution in [0.3, 0.4) is 0 Å². The van der Waals surface area contributed by atoms with Gasteiger partial charge in [-0.2, -0.15) is 0 Å². The molecular formula is C12H17N3O4S. The summed E-state index contributed by atoms with van der Waals surface area (Å²) in [7, 11) is -3.95. The first-order valence-corrected chi connectivity index (χ1v) is 7.52. The van der Waals surface area contributed by atoms with Crippen LogP contribution in [0.25, 0.3) is 0 Å². The van der Waals surface area contributed by atoms with Crippen LogP contribution in [0.15, 0.2) is 29.2 Å². The van der Waals surface area contributed by atoms with E-state index in [1.165, 1.54) is 25.1 Å². The molecular weight excluding hydrogens is 282 g/mol. The Labute approximate surface area is 117 Å². The molecule has 8 heteroatoms. The van der Waals surface area contributed by atoms with Crippen molar-refractivity contribution in [2.24, 2.45) is 0 Å². The normalized spacial score (nSPS) is 12.5. The number of amides is 3. The van der Waals surface area contributed by atoms with E-state index in [4.69, 9.17) is 5.73 Å². The van der Waals surface area contributed by atoms with Crippen LogP contribution >= 0.6 is 0 Å². The molecule has 0 bridgehead atoms. The highest BCUT2D eigenvalue weighted by Crippen LogP contribution is 2.22. The van der Waals surface area contributed by atoms with Crippen LogP contribution in [0.5, 0.6) is 0 Å². The summed E-state index contributed by atoms with van der Waals surface area (Å²) in [6, 6.07) is 5.12. The maximum atomic E-state index is 12.3. The summed E-state index contributed by atoms with van der Waals surface area (Å²) >= 11 is 0. The van der Waals surface area contributed by atoms with Crippen molar-refractivity contribution in [1.82, 2.24) is 10.6 Å². The molecule has 1 atom stereocenters. The maximum Gasteiger partial charge on any atom is 0.321 e. The zero-order valence-electron chi connectivity index (χ0n) is 11.2. The highest BCUT2D eigenvalue weighted by Gasteiger charge is 2.31. The zero-order chi connectivity index (χ0) is 15.3. The molecule has 1 rings (SSSR count). The molecule has 3 amide bonds. The van der Waals surface area contributed by atoms with Crippen molar-refractivity contribution in [3.63, 3.8) is 0 Å². The second-order valence-corrected chi connectivity index (χ2v) is 6.31. The van der Waals surface area contributed by atoms with Gasteiger partial charge in [-0.05, 0) is 26.0 Å². The lowest BCUT2D eigenvalue weighted by atomic mass is 10.3. The Hall–Kier alpha value is -2.09. The number of nitrogens with one attached hydrogen (secondary N) is 2. The molecule has 0 fully saturated rings. The number of imide groups is 1. The van der Waals surface area contributed by atoms with Gasteiger partial charge in [-0.25, -0.2) is 13.2 Å². The molecule has 110 valence electrons. The summed E-state index contributed by atoms with van der Waals surface area (Å²) in [5, 5.41) is 2.89. The average molecular weight is 299 g/mol. The minimum atomic E-state index is -3.95. The molecule has 0 aliphatic carbocycles. The molecule has 0 spiro atoms. The minimum Gasteiger partial charge on any atom is -0.398 e. The predicted molar refractivity (Wildman–Crippen MR) is 74.7 cm³/mol. The van der Waals surface area contributed by atoms with Gasteiger partial charge in [0.25, 0.3) is 0 Å².